The van der Waals surface area contributed by atoms with Crippen LogP contribution in [-0.4, -0.2) is 53.0 Å². The van der Waals surface area contributed by atoms with E-state index in [1.807, 2.05) is 0 Å². The SMILES string of the molecule is CC(=O)OC1C(CI)OC(Oc2ccc(Cl)cc2)C(OC(C)=O)C1OC(C)=O. The molecule has 0 N–H and O–H groups in total. The first-order valence-electron chi connectivity index (χ1n) is 8.36. The van der Waals surface area contributed by atoms with Crippen molar-refractivity contribution in [2.45, 2.75) is 51.5 Å². The van der Waals surface area contributed by atoms with Gasteiger partial charge in [0.2, 0.25) is 12.4 Å². The number of esters is 3. The highest BCUT2D eigenvalue weighted by Gasteiger charge is 2.52. The van der Waals surface area contributed by atoms with Crippen LogP contribution in [0.2, 0.25) is 5.02 Å². The summed E-state index contributed by atoms with van der Waals surface area (Å²) in [6, 6.07) is 6.49. The summed E-state index contributed by atoms with van der Waals surface area (Å²) in [6.07, 6.45) is -4.97. The minimum atomic E-state index is -1.15. The minimum Gasteiger partial charge on any atom is -0.461 e. The maximum atomic E-state index is 11.7. The summed E-state index contributed by atoms with van der Waals surface area (Å²) in [6.45, 7) is 3.64. The molecular weight excluding hydrogens is 507 g/mol. The second kappa shape index (κ2) is 10.3. The van der Waals surface area contributed by atoms with E-state index in [9.17, 15) is 14.4 Å². The molecule has 5 unspecified atom stereocenters. The van der Waals surface area contributed by atoms with Crippen LogP contribution in [0.15, 0.2) is 24.3 Å². The number of rotatable bonds is 6. The van der Waals surface area contributed by atoms with Crippen molar-refractivity contribution < 1.29 is 38.1 Å². The zero-order valence-electron chi connectivity index (χ0n) is 15.4. The summed E-state index contributed by atoms with van der Waals surface area (Å²) >= 11 is 7.94. The first kappa shape index (κ1) is 22.7. The molecule has 0 spiro atoms. The average molecular weight is 527 g/mol. The lowest BCUT2D eigenvalue weighted by Crippen LogP contribution is -2.63. The van der Waals surface area contributed by atoms with Crippen molar-refractivity contribution in [2.24, 2.45) is 0 Å². The van der Waals surface area contributed by atoms with E-state index in [2.05, 4.69) is 22.6 Å². The molecule has 0 bridgehead atoms. The first-order chi connectivity index (χ1) is 13.2. The van der Waals surface area contributed by atoms with E-state index in [4.69, 9.17) is 35.3 Å². The fourth-order valence-electron chi connectivity index (χ4n) is 2.72. The average Bonchev–Trinajstić information content (AvgIpc) is 2.60. The Labute approximate surface area is 180 Å². The number of ether oxygens (including phenoxy) is 5. The molecule has 1 aliphatic rings. The van der Waals surface area contributed by atoms with E-state index in [1.165, 1.54) is 20.8 Å². The molecule has 0 aliphatic carbocycles. The van der Waals surface area contributed by atoms with Crippen LogP contribution in [0.4, 0.5) is 0 Å². The van der Waals surface area contributed by atoms with Gasteiger partial charge in [-0.2, -0.15) is 0 Å². The number of halogens is 2. The summed E-state index contributed by atoms with van der Waals surface area (Å²) < 4.78 is 28.1. The first-order valence-corrected chi connectivity index (χ1v) is 10.3. The van der Waals surface area contributed by atoms with Crippen LogP contribution in [0.1, 0.15) is 20.8 Å². The van der Waals surface area contributed by atoms with Gasteiger partial charge in [-0.05, 0) is 24.3 Å². The maximum absolute atomic E-state index is 11.7. The van der Waals surface area contributed by atoms with Crippen molar-refractivity contribution in [3.8, 4) is 5.75 Å². The second-order valence-electron chi connectivity index (χ2n) is 5.99. The van der Waals surface area contributed by atoms with E-state index in [-0.39, 0.29) is 0 Å². The van der Waals surface area contributed by atoms with Crippen LogP contribution in [0.3, 0.4) is 0 Å². The number of alkyl halides is 1. The molecule has 154 valence electrons. The Kier molecular flexibility index (Phi) is 8.32. The van der Waals surface area contributed by atoms with Gasteiger partial charge in [-0.1, -0.05) is 34.2 Å². The van der Waals surface area contributed by atoms with E-state index < -0.39 is 48.6 Å². The van der Waals surface area contributed by atoms with Gasteiger partial charge in [0.05, 0.1) is 0 Å². The highest BCUT2D eigenvalue weighted by molar-refractivity contribution is 14.1. The summed E-state index contributed by atoms with van der Waals surface area (Å²) in [4.78, 5) is 34.9. The van der Waals surface area contributed by atoms with Crippen LogP contribution in [0, 0.1) is 0 Å². The van der Waals surface area contributed by atoms with Gasteiger partial charge in [0.25, 0.3) is 0 Å². The Morgan fingerprint density at radius 3 is 1.93 bits per heavy atom. The molecule has 0 amide bonds. The quantitative estimate of drug-likeness (QED) is 0.242. The van der Waals surface area contributed by atoms with E-state index >= 15 is 0 Å². The molecule has 2 rings (SSSR count). The van der Waals surface area contributed by atoms with Crippen molar-refractivity contribution in [2.75, 3.05) is 4.43 Å². The van der Waals surface area contributed by atoms with Crippen molar-refractivity contribution >= 4 is 52.1 Å². The minimum absolute atomic E-state index is 0.404. The molecular formula is C18H20ClIO8. The highest BCUT2D eigenvalue weighted by atomic mass is 127. The topological polar surface area (TPSA) is 97.4 Å². The summed E-state index contributed by atoms with van der Waals surface area (Å²) in [5, 5.41) is 0.520. The van der Waals surface area contributed by atoms with Crippen LogP contribution >= 0.6 is 34.2 Å². The molecule has 1 fully saturated rings. The molecule has 5 atom stereocenters. The molecule has 10 heteroatoms. The Balaban J connectivity index is 2.38. The van der Waals surface area contributed by atoms with Crippen LogP contribution < -0.4 is 4.74 Å². The van der Waals surface area contributed by atoms with Crippen molar-refractivity contribution in [3.05, 3.63) is 29.3 Å². The Bertz CT molecular complexity index is 710. The summed E-state index contributed by atoms with van der Waals surface area (Å²) in [5.41, 5.74) is 0. The normalized spacial score (nSPS) is 26.8. The van der Waals surface area contributed by atoms with E-state index in [0.717, 1.165) is 0 Å². The van der Waals surface area contributed by atoms with Gasteiger partial charge < -0.3 is 23.7 Å². The lowest BCUT2D eigenvalue weighted by Gasteiger charge is -2.43. The number of carbonyl (C=O) groups is 3. The third-order valence-electron chi connectivity index (χ3n) is 3.72. The molecule has 1 heterocycles. The summed E-state index contributed by atoms with van der Waals surface area (Å²) in [7, 11) is 0. The fraction of sp³-hybridized carbons (Fsp3) is 0.500. The van der Waals surface area contributed by atoms with Gasteiger partial charge in [-0.15, -0.1) is 0 Å². The number of hydrogen-bond acceptors (Lipinski definition) is 8. The van der Waals surface area contributed by atoms with Crippen molar-refractivity contribution in [1.29, 1.82) is 0 Å². The monoisotopic (exact) mass is 526 g/mol. The van der Waals surface area contributed by atoms with E-state index in [0.29, 0.717) is 15.2 Å². The van der Waals surface area contributed by atoms with Gasteiger partial charge in [0.1, 0.15) is 11.9 Å². The third kappa shape index (κ3) is 6.21. The van der Waals surface area contributed by atoms with Gasteiger partial charge in [-0.3, -0.25) is 14.4 Å². The molecule has 8 nitrogen and oxygen atoms in total. The molecule has 1 aliphatic heterocycles. The molecule has 1 aromatic carbocycles. The molecule has 0 radical (unpaired) electrons. The lowest BCUT2D eigenvalue weighted by molar-refractivity contribution is -0.279. The number of carbonyl (C=O) groups excluding carboxylic acids is 3. The highest BCUT2D eigenvalue weighted by Crippen LogP contribution is 2.31. The molecule has 0 aromatic heterocycles. The zero-order chi connectivity index (χ0) is 20.8. The van der Waals surface area contributed by atoms with Gasteiger partial charge in [-0.25, -0.2) is 0 Å². The van der Waals surface area contributed by atoms with Crippen LogP contribution in [-0.2, 0) is 33.3 Å². The largest absolute Gasteiger partial charge is 0.461 e. The standard InChI is InChI=1S/C18H20ClIO8/c1-9(21)24-15-14(8-20)28-18(27-13-6-4-12(19)5-7-13)17(26-11(3)23)16(15)25-10(2)22/h4-7,14-18H,8H2,1-3H3. The van der Waals surface area contributed by atoms with Gasteiger partial charge in [0, 0.05) is 30.2 Å². The number of benzene rings is 1. The van der Waals surface area contributed by atoms with Crippen LogP contribution in [0.5, 0.6) is 5.75 Å². The zero-order valence-corrected chi connectivity index (χ0v) is 18.3. The molecule has 1 saturated heterocycles. The maximum Gasteiger partial charge on any atom is 0.303 e. The molecule has 28 heavy (non-hydrogen) atoms. The predicted octanol–water partition coefficient (Wildman–Crippen LogP) is 2.67. The lowest BCUT2D eigenvalue weighted by atomic mass is 9.99. The smallest absolute Gasteiger partial charge is 0.303 e. The van der Waals surface area contributed by atoms with E-state index in [1.54, 1.807) is 24.3 Å². The van der Waals surface area contributed by atoms with Crippen LogP contribution in [0.25, 0.3) is 0 Å². The number of hydrogen-bond donors (Lipinski definition) is 0. The molecule has 0 saturated carbocycles. The van der Waals surface area contributed by atoms with Gasteiger partial charge in [0.15, 0.2) is 12.2 Å². The second-order valence-corrected chi connectivity index (χ2v) is 7.31. The van der Waals surface area contributed by atoms with Crippen molar-refractivity contribution in [3.63, 3.8) is 0 Å². The summed E-state index contributed by atoms with van der Waals surface area (Å²) in [5.74, 6) is -1.44. The Morgan fingerprint density at radius 1 is 0.929 bits per heavy atom. The Morgan fingerprint density at radius 2 is 1.43 bits per heavy atom. The predicted molar refractivity (Wildman–Crippen MR) is 106 cm³/mol. The Hall–Kier alpha value is -1.59. The van der Waals surface area contributed by atoms with Gasteiger partial charge >= 0.3 is 17.9 Å². The fourth-order valence-corrected chi connectivity index (χ4v) is 3.56. The van der Waals surface area contributed by atoms with Crippen molar-refractivity contribution in [1.82, 2.24) is 0 Å². The molecule has 1 aromatic rings. The third-order valence-corrected chi connectivity index (χ3v) is 4.84.